The molecule has 0 fully saturated rings. The number of aliphatic carboxylic acids is 1. The van der Waals surface area contributed by atoms with Crippen LogP contribution < -0.4 is 0 Å². The number of carboxylic acids is 1. The van der Waals surface area contributed by atoms with Crippen LogP contribution in [-0.2, 0) is 11.2 Å². The summed E-state index contributed by atoms with van der Waals surface area (Å²) in [6, 6.07) is 2.36. The van der Waals surface area contributed by atoms with Crippen LogP contribution in [0, 0.1) is 10.1 Å². The van der Waals surface area contributed by atoms with Gasteiger partial charge in [0.05, 0.1) is 6.42 Å². The minimum absolute atomic E-state index is 0.0875. The molecule has 0 aliphatic rings. The first-order chi connectivity index (χ1) is 6.49. The summed E-state index contributed by atoms with van der Waals surface area (Å²) in [4.78, 5) is 23.3. The van der Waals surface area contributed by atoms with Crippen molar-refractivity contribution in [1.82, 2.24) is 4.98 Å². The minimum atomic E-state index is -1.08. The molecule has 7 heteroatoms. The molecule has 0 aliphatic carbocycles. The molecule has 0 bridgehead atoms. The van der Waals surface area contributed by atoms with Gasteiger partial charge in [0.15, 0.2) is 0 Å². The van der Waals surface area contributed by atoms with Crippen LogP contribution in [0.1, 0.15) is 5.56 Å². The molecule has 1 aromatic rings. The maximum atomic E-state index is 10.3. The van der Waals surface area contributed by atoms with E-state index in [-0.39, 0.29) is 17.1 Å². The number of carboxylic acid groups (broad SMARTS) is 1. The Bertz CT molecular complexity index is 393. The molecule has 0 amide bonds. The number of hydrogen-bond acceptors (Lipinski definition) is 4. The molecule has 0 saturated heterocycles. The number of hydrogen-bond donors (Lipinski definition) is 1. The number of aromatic nitrogens is 1. The highest BCUT2D eigenvalue weighted by Crippen LogP contribution is 2.16. The molecule has 0 aliphatic heterocycles. The first kappa shape index (κ1) is 10.4. The first-order valence-corrected chi connectivity index (χ1v) is 3.89. The fourth-order valence-electron chi connectivity index (χ4n) is 0.905. The highest BCUT2D eigenvalue weighted by Gasteiger charge is 2.13. The second kappa shape index (κ2) is 4.01. The Hall–Kier alpha value is -1.69. The Morgan fingerprint density at radius 3 is 2.79 bits per heavy atom. The van der Waals surface area contributed by atoms with Gasteiger partial charge in [-0.3, -0.25) is 4.79 Å². The number of rotatable bonds is 3. The Kier molecular flexibility index (Phi) is 2.98. The van der Waals surface area contributed by atoms with Crippen LogP contribution >= 0.6 is 11.6 Å². The Labute approximate surface area is 83.3 Å². The lowest BCUT2D eigenvalue weighted by atomic mass is 10.2. The largest absolute Gasteiger partial charge is 0.481 e. The molecule has 1 N–H and O–H groups in total. The van der Waals surface area contributed by atoms with Crippen LogP contribution in [0.3, 0.4) is 0 Å². The number of pyridine rings is 1. The van der Waals surface area contributed by atoms with Gasteiger partial charge in [0, 0.05) is 12.1 Å². The van der Waals surface area contributed by atoms with Crippen molar-refractivity contribution >= 4 is 23.4 Å². The lowest BCUT2D eigenvalue weighted by molar-refractivity contribution is -0.389. The van der Waals surface area contributed by atoms with Crippen LogP contribution in [0.25, 0.3) is 0 Å². The van der Waals surface area contributed by atoms with Gasteiger partial charge < -0.3 is 15.2 Å². The first-order valence-electron chi connectivity index (χ1n) is 3.51. The van der Waals surface area contributed by atoms with E-state index in [1.54, 1.807) is 0 Å². The van der Waals surface area contributed by atoms with Gasteiger partial charge in [-0.25, -0.2) is 0 Å². The van der Waals surface area contributed by atoms with Crippen LogP contribution in [0.15, 0.2) is 12.1 Å². The maximum absolute atomic E-state index is 10.3. The van der Waals surface area contributed by atoms with E-state index in [1.165, 1.54) is 6.07 Å². The topological polar surface area (TPSA) is 93.3 Å². The van der Waals surface area contributed by atoms with Crippen molar-refractivity contribution in [3.63, 3.8) is 0 Å². The van der Waals surface area contributed by atoms with Gasteiger partial charge in [-0.15, -0.1) is 0 Å². The highest BCUT2D eigenvalue weighted by molar-refractivity contribution is 6.29. The van der Waals surface area contributed by atoms with Crippen molar-refractivity contribution in [3.05, 3.63) is 33.0 Å². The van der Waals surface area contributed by atoms with Crippen molar-refractivity contribution in [3.8, 4) is 0 Å². The molecule has 0 atom stereocenters. The SMILES string of the molecule is O=C(O)Cc1cc(Cl)nc([N+](=O)[O-])c1. The summed E-state index contributed by atoms with van der Waals surface area (Å²) < 4.78 is 0. The number of carbonyl (C=O) groups is 1. The molecular weight excluding hydrogens is 212 g/mol. The second-order valence-electron chi connectivity index (χ2n) is 2.48. The van der Waals surface area contributed by atoms with Gasteiger partial charge in [-0.05, 0) is 27.1 Å². The average Bonchev–Trinajstić information content (AvgIpc) is 2.01. The molecule has 0 saturated carbocycles. The van der Waals surface area contributed by atoms with Crippen molar-refractivity contribution < 1.29 is 14.8 Å². The van der Waals surface area contributed by atoms with Crippen molar-refractivity contribution in [1.29, 1.82) is 0 Å². The standard InChI is InChI=1S/C7H5ClN2O4/c8-5-1-4(3-7(11)12)2-6(9-5)10(13)14/h1-2H,3H2,(H,11,12). The summed E-state index contributed by atoms with van der Waals surface area (Å²) in [7, 11) is 0. The predicted molar refractivity (Wildman–Crippen MR) is 47.2 cm³/mol. The predicted octanol–water partition coefficient (Wildman–Crippen LogP) is 1.27. The third kappa shape index (κ3) is 2.67. The van der Waals surface area contributed by atoms with E-state index >= 15 is 0 Å². The quantitative estimate of drug-likeness (QED) is 0.467. The van der Waals surface area contributed by atoms with Gasteiger partial charge in [0.1, 0.15) is 0 Å². The fraction of sp³-hybridized carbons (Fsp3) is 0.143. The molecule has 0 aromatic carbocycles. The van der Waals surface area contributed by atoms with E-state index in [2.05, 4.69) is 4.98 Å². The van der Waals surface area contributed by atoms with Gasteiger partial charge >= 0.3 is 11.8 Å². The summed E-state index contributed by atoms with van der Waals surface area (Å²) in [5.41, 5.74) is 0.254. The molecule has 0 unspecified atom stereocenters. The third-order valence-electron chi connectivity index (χ3n) is 1.38. The summed E-state index contributed by atoms with van der Waals surface area (Å²) in [6.07, 6.45) is -0.316. The molecule has 74 valence electrons. The Balaban J connectivity index is 3.07. The summed E-state index contributed by atoms with van der Waals surface area (Å²) in [6.45, 7) is 0. The van der Waals surface area contributed by atoms with Crippen LogP contribution in [-0.4, -0.2) is 21.0 Å². The molecule has 0 radical (unpaired) electrons. The van der Waals surface area contributed by atoms with E-state index in [4.69, 9.17) is 16.7 Å². The second-order valence-corrected chi connectivity index (χ2v) is 2.87. The molecular formula is C7H5ClN2O4. The molecule has 1 aromatic heterocycles. The average molecular weight is 217 g/mol. The molecule has 0 spiro atoms. The van der Waals surface area contributed by atoms with Crippen molar-refractivity contribution in [2.75, 3.05) is 0 Å². The normalized spacial score (nSPS) is 9.79. The zero-order chi connectivity index (χ0) is 10.7. The molecule has 6 nitrogen and oxygen atoms in total. The van der Waals surface area contributed by atoms with Gasteiger partial charge in [-0.2, -0.15) is 0 Å². The molecule has 1 heterocycles. The van der Waals surface area contributed by atoms with E-state index < -0.39 is 16.7 Å². The monoisotopic (exact) mass is 216 g/mol. The van der Waals surface area contributed by atoms with Gasteiger partial charge in [0.2, 0.25) is 5.15 Å². The van der Waals surface area contributed by atoms with Gasteiger partial charge in [-0.1, -0.05) is 0 Å². The van der Waals surface area contributed by atoms with E-state index in [0.717, 1.165) is 6.07 Å². The Morgan fingerprint density at radius 1 is 1.64 bits per heavy atom. The van der Waals surface area contributed by atoms with Crippen molar-refractivity contribution in [2.24, 2.45) is 0 Å². The van der Waals surface area contributed by atoms with E-state index in [9.17, 15) is 14.9 Å². The van der Waals surface area contributed by atoms with Crippen molar-refractivity contribution in [2.45, 2.75) is 6.42 Å². The number of nitrogens with zero attached hydrogens (tertiary/aromatic N) is 2. The molecule has 1 rings (SSSR count). The lowest BCUT2D eigenvalue weighted by Gasteiger charge is -1.96. The number of halogens is 1. The van der Waals surface area contributed by atoms with Crippen LogP contribution in [0.2, 0.25) is 5.15 Å². The summed E-state index contributed by atoms with van der Waals surface area (Å²) in [5.74, 6) is -1.53. The van der Waals surface area contributed by atoms with E-state index in [1.807, 2.05) is 0 Å². The fourth-order valence-corrected chi connectivity index (χ4v) is 1.13. The minimum Gasteiger partial charge on any atom is -0.481 e. The third-order valence-corrected chi connectivity index (χ3v) is 1.58. The maximum Gasteiger partial charge on any atom is 0.365 e. The van der Waals surface area contributed by atoms with Crippen LogP contribution in [0.5, 0.6) is 0 Å². The zero-order valence-corrected chi connectivity index (χ0v) is 7.56. The lowest BCUT2D eigenvalue weighted by Crippen LogP contribution is -2.02. The van der Waals surface area contributed by atoms with Gasteiger partial charge in [0.25, 0.3) is 0 Å². The number of nitro groups is 1. The summed E-state index contributed by atoms with van der Waals surface area (Å²) >= 11 is 5.47. The van der Waals surface area contributed by atoms with Crippen LogP contribution in [0.4, 0.5) is 5.82 Å². The summed E-state index contributed by atoms with van der Waals surface area (Å²) in [5, 5.41) is 18.7. The highest BCUT2D eigenvalue weighted by atomic mass is 35.5. The van der Waals surface area contributed by atoms with E-state index in [0.29, 0.717) is 0 Å². The zero-order valence-electron chi connectivity index (χ0n) is 6.81. The Morgan fingerprint density at radius 2 is 2.29 bits per heavy atom. The smallest absolute Gasteiger partial charge is 0.365 e. The molecule has 14 heavy (non-hydrogen) atoms.